The van der Waals surface area contributed by atoms with E-state index in [1.54, 1.807) is 11.8 Å². The summed E-state index contributed by atoms with van der Waals surface area (Å²) >= 11 is 5.31. The zero-order chi connectivity index (χ0) is 16.1. The standard InChI is InChI=1S/C16H23BrN2O2S/c1-18(11-16(20)21)14-5-7-19(8-6-14)10-12-3-4-13(17)9-15(12)22-2/h3-4,9,14H,5-8,10-11H2,1-2H3,(H,20,21). The van der Waals surface area contributed by atoms with Crippen LogP contribution in [0.25, 0.3) is 0 Å². The van der Waals surface area contributed by atoms with Gasteiger partial charge in [0.2, 0.25) is 0 Å². The van der Waals surface area contributed by atoms with E-state index in [2.05, 4.69) is 45.3 Å². The number of aliphatic carboxylic acids is 1. The molecule has 0 spiro atoms. The molecule has 6 heteroatoms. The largest absolute Gasteiger partial charge is 0.480 e. The van der Waals surface area contributed by atoms with Crippen molar-refractivity contribution in [2.75, 3.05) is 32.9 Å². The van der Waals surface area contributed by atoms with Crippen molar-refractivity contribution in [2.45, 2.75) is 30.3 Å². The number of thioether (sulfide) groups is 1. The van der Waals surface area contributed by atoms with Crippen LogP contribution < -0.4 is 0 Å². The Morgan fingerprint density at radius 1 is 1.45 bits per heavy atom. The number of hydrogen-bond acceptors (Lipinski definition) is 4. The summed E-state index contributed by atoms with van der Waals surface area (Å²) in [5.74, 6) is -0.746. The number of piperidine rings is 1. The summed E-state index contributed by atoms with van der Waals surface area (Å²) in [5, 5.41) is 8.88. The van der Waals surface area contributed by atoms with Gasteiger partial charge in [-0.05, 0) is 56.9 Å². The van der Waals surface area contributed by atoms with Gasteiger partial charge in [-0.3, -0.25) is 14.6 Å². The van der Waals surface area contributed by atoms with Crippen molar-refractivity contribution < 1.29 is 9.90 Å². The van der Waals surface area contributed by atoms with E-state index in [1.165, 1.54) is 10.5 Å². The van der Waals surface area contributed by atoms with Crippen molar-refractivity contribution in [3.8, 4) is 0 Å². The molecule has 4 nitrogen and oxygen atoms in total. The number of benzene rings is 1. The Morgan fingerprint density at radius 3 is 2.73 bits per heavy atom. The molecule has 1 N–H and O–H groups in total. The predicted octanol–water partition coefficient (Wildman–Crippen LogP) is 3.15. The zero-order valence-corrected chi connectivity index (χ0v) is 15.5. The van der Waals surface area contributed by atoms with E-state index in [4.69, 9.17) is 5.11 Å². The summed E-state index contributed by atoms with van der Waals surface area (Å²) in [6.07, 6.45) is 4.18. The van der Waals surface area contributed by atoms with Crippen molar-refractivity contribution in [1.82, 2.24) is 9.80 Å². The molecule has 0 saturated carbocycles. The van der Waals surface area contributed by atoms with Crippen molar-refractivity contribution in [3.63, 3.8) is 0 Å². The second kappa shape index (κ2) is 8.34. The number of halogens is 1. The van der Waals surface area contributed by atoms with Crippen LogP contribution in [-0.4, -0.2) is 59.9 Å². The van der Waals surface area contributed by atoms with Gasteiger partial charge in [-0.15, -0.1) is 11.8 Å². The molecule has 0 radical (unpaired) electrons. The van der Waals surface area contributed by atoms with E-state index < -0.39 is 5.97 Å². The Hall–Kier alpha value is -0.560. The van der Waals surface area contributed by atoms with Crippen LogP contribution in [0.1, 0.15) is 18.4 Å². The first-order chi connectivity index (χ1) is 10.5. The minimum absolute atomic E-state index is 0.133. The first-order valence-corrected chi connectivity index (χ1v) is 9.48. The maximum Gasteiger partial charge on any atom is 0.317 e. The summed E-state index contributed by atoms with van der Waals surface area (Å²) in [6.45, 7) is 3.16. The molecule has 22 heavy (non-hydrogen) atoms. The maximum atomic E-state index is 10.8. The summed E-state index contributed by atoms with van der Waals surface area (Å²) in [5.41, 5.74) is 1.37. The lowest BCUT2D eigenvalue weighted by molar-refractivity contribution is -0.138. The third kappa shape index (κ3) is 4.98. The first-order valence-electron chi connectivity index (χ1n) is 7.46. The Bertz CT molecular complexity index is 519. The molecule has 2 rings (SSSR count). The lowest BCUT2D eigenvalue weighted by Gasteiger charge is -2.36. The van der Waals surface area contributed by atoms with Crippen molar-refractivity contribution >= 4 is 33.7 Å². The fourth-order valence-electron chi connectivity index (χ4n) is 2.95. The average Bonchev–Trinajstić information content (AvgIpc) is 2.49. The Morgan fingerprint density at radius 2 is 2.14 bits per heavy atom. The van der Waals surface area contributed by atoms with Crippen LogP contribution >= 0.6 is 27.7 Å². The third-order valence-corrected chi connectivity index (χ3v) is 5.52. The molecule has 1 fully saturated rings. The van der Waals surface area contributed by atoms with Crippen molar-refractivity contribution in [1.29, 1.82) is 0 Å². The predicted molar refractivity (Wildman–Crippen MR) is 94.5 cm³/mol. The fraction of sp³-hybridized carbons (Fsp3) is 0.562. The van der Waals surface area contributed by atoms with Gasteiger partial charge >= 0.3 is 5.97 Å². The van der Waals surface area contributed by atoms with E-state index in [1.807, 2.05) is 11.9 Å². The summed E-state index contributed by atoms with van der Waals surface area (Å²) in [4.78, 5) is 16.5. The normalized spacial score (nSPS) is 17.1. The molecule has 122 valence electrons. The van der Waals surface area contributed by atoms with Crippen molar-refractivity contribution in [2.24, 2.45) is 0 Å². The van der Waals surface area contributed by atoms with Gasteiger partial charge in [-0.2, -0.15) is 0 Å². The molecule has 0 amide bonds. The van der Waals surface area contributed by atoms with Gasteiger partial charge in [0.1, 0.15) is 0 Å². The van der Waals surface area contributed by atoms with E-state index in [-0.39, 0.29) is 6.54 Å². The molecule has 1 heterocycles. The minimum atomic E-state index is -0.746. The van der Waals surface area contributed by atoms with Crippen LogP contribution in [-0.2, 0) is 11.3 Å². The summed E-state index contributed by atoms with van der Waals surface area (Å²) in [6, 6.07) is 6.85. The summed E-state index contributed by atoms with van der Waals surface area (Å²) in [7, 11) is 1.91. The fourth-order valence-corrected chi connectivity index (χ4v) is 4.10. The number of likely N-dealkylation sites (tertiary alicyclic amines) is 1. The van der Waals surface area contributed by atoms with Crippen LogP contribution in [0.2, 0.25) is 0 Å². The van der Waals surface area contributed by atoms with Gasteiger partial charge in [0.15, 0.2) is 0 Å². The number of carbonyl (C=O) groups is 1. The van der Waals surface area contributed by atoms with Crippen LogP contribution in [0.3, 0.4) is 0 Å². The highest BCUT2D eigenvalue weighted by Gasteiger charge is 2.23. The second-order valence-electron chi connectivity index (χ2n) is 5.77. The van der Waals surface area contributed by atoms with Crippen LogP contribution in [0.4, 0.5) is 0 Å². The number of rotatable bonds is 6. The number of nitrogens with zero attached hydrogens (tertiary/aromatic N) is 2. The topological polar surface area (TPSA) is 43.8 Å². The van der Waals surface area contributed by atoms with E-state index >= 15 is 0 Å². The lowest BCUT2D eigenvalue weighted by atomic mass is 10.0. The van der Waals surface area contributed by atoms with Gasteiger partial charge < -0.3 is 5.11 Å². The van der Waals surface area contributed by atoms with E-state index in [9.17, 15) is 4.79 Å². The molecule has 0 aromatic heterocycles. The molecule has 1 aromatic carbocycles. The van der Waals surface area contributed by atoms with Gasteiger partial charge in [0, 0.05) is 22.0 Å². The zero-order valence-electron chi connectivity index (χ0n) is 13.1. The Kier molecular flexibility index (Phi) is 6.74. The Balaban J connectivity index is 1.89. The molecule has 0 unspecified atom stereocenters. The summed E-state index contributed by atoms with van der Waals surface area (Å²) < 4.78 is 1.12. The number of hydrogen-bond donors (Lipinski definition) is 1. The maximum absolute atomic E-state index is 10.8. The molecular weight excluding hydrogens is 364 g/mol. The van der Waals surface area contributed by atoms with Gasteiger partial charge in [0.25, 0.3) is 0 Å². The number of likely N-dealkylation sites (N-methyl/N-ethyl adjacent to an activating group) is 1. The quantitative estimate of drug-likeness (QED) is 0.760. The lowest BCUT2D eigenvalue weighted by Crippen LogP contribution is -2.44. The molecule has 0 bridgehead atoms. The Labute approximate surface area is 145 Å². The molecule has 1 aliphatic rings. The average molecular weight is 387 g/mol. The highest BCUT2D eigenvalue weighted by molar-refractivity contribution is 9.10. The van der Waals surface area contributed by atoms with Crippen molar-refractivity contribution in [3.05, 3.63) is 28.2 Å². The van der Waals surface area contributed by atoms with Crippen LogP contribution in [0, 0.1) is 0 Å². The highest BCUT2D eigenvalue weighted by Crippen LogP contribution is 2.27. The van der Waals surface area contributed by atoms with Gasteiger partial charge in [0.05, 0.1) is 6.54 Å². The molecule has 0 aliphatic carbocycles. The number of carboxylic acid groups (broad SMARTS) is 1. The second-order valence-corrected chi connectivity index (χ2v) is 7.54. The van der Waals surface area contributed by atoms with E-state index in [0.29, 0.717) is 6.04 Å². The number of carboxylic acids is 1. The van der Waals surface area contributed by atoms with E-state index in [0.717, 1.165) is 36.9 Å². The molecule has 1 aliphatic heterocycles. The monoisotopic (exact) mass is 386 g/mol. The minimum Gasteiger partial charge on any atom is -0.480 e. The first kappa shape index (κ1) is 17.8. The van der Waals surface area contributed by atoms with Gasteiger partial charge in [-0.1, -0.05) is 22.0 Å². The van der Waals surface area contributed by atoms with Gasteiger partial charge in [-0.25, -0.2) is 0 Å². The van der Waals surface area contributed by atoms with Crippen LogP contribution in [0.5, 0.6) is 0 Å². The van der Waals surface area contributed by atoms with Crippen LogP contribution in [0.15, 0.2) is 27.6 Å². The molecule has 0 atom stereocenters. The molecular formula is C16H23BrN2O2S. The molecule has 1 saturated heterocycles. The smallest absolute Gasteiger partial charge is 0.317 e. The SMILES string of the molecule is CSc1cc(Br)ccc1CN1CCC(N(C)CC(=O)O)CC1. The molecule has 1 aromatic rings. The highest BCUT2D eigenvalue weighted by atomic mass is 79.9. The third-order valence-electron chi connectivity index (χ3n) is 4.21.